The molecule has 0 N–H and O–H groups in total. The normalized spacial score (nSPS) is 15.6. The molecule has 1 atom stereocenters. The van der Waals surface area contributed by atoms with Crippen LogP contribution < -0.4 is 15.0 Å². The molecule has 0 saturated heterocycles. The molecule has 11 heteroatoms. The number of methoxy groups -OCH3 is 2. The maximum absolute atomic E-state index is 13.2. The Morgan fingerprint density at radius 1 is 1.22 bits per heavy atom. The average Bonchev–Trinajstić information content (AvgIpc) is 3.49. The highest BCUT2D eigenvalue weighted by atomic mass is 35.5. The summed E-state index contributed by atoms with van der Waals surface area (Å²) in [5.41, 5.74) is 0.958. The van der Waals surface area contributed by atoms with E-state index in [-0.39, 0.29) is 16.6 Å². The maximum atomic E-state index is 13.2. The molecular weight excluding hydrogens is 475 g/mol. The average molecular weight is 493 g/mol. The lowest BCUT2D eigenvalue weighted by Crippen LogP contribution is -2.35. The van der Waals surface area contributed by atoms with Gasteiger partial charge in [0, 0.05) is 6.42 Å². The minimum atomic E-state index is -0.642. The van der Waals surface area contributed by atoms with Gasteiger partial charge in [0.05, 0.1) is 42.1 Å². The number of ether oxygens (including phenoxy) is 2. The van der Waals surface area contributed by atoms with Crippen LogP contribution in [0, 0.1) is 0 Å². The van der Waals surface area contributed by atoms with Crippen LogP contribution in [0.15, 0.2) is 51.8 Å². The van der Waals surface area contributed by atoms with E-state index in [1.807, 2.05) is 29.6 Å². The molecule has 2 aromatic heterocycles. The van der Waals surface area contributed by atoms with E-state index in [2.05, 4.69) is 10.2 Å². The second-order valence-electron chi connectivity index (χ2n) is 6.87. The second kappa shape index (κ2) is 9.32. The van der Waals surface area contributed by atoms with Crippen LogP contribution in [-0.2, 0) is 11.3 Å². The number of nitrogens with zero attached hydrogens (tertiary/aromatic N) is 4. The Morgan fingerprint density at radius 2 is 2.00 bits per heavy atom. The van der Waals surface area contributed by atoms with Crippen molar-refractivity contribution in [2.45, 2.75) is 19.0 Å². The van der Waals surface area contributed by atoms with Gasteiger partial charge in [-0.2, -0.15) is 10.2 Å². The topological polar surface area (TPSA) is 86.0 Å². The van der Waals surface area contributed by atoms with Crippen molar-refractivity contribution in [2.24, 2.45) is 5.10 Å². The number of hydrazone groups is 1. The highest BCUT2D eigenvalue weighted by Crippen LogP contribution is 2.38. The van der Waals surface area contributed by atoms with Crippen LogP contribution in [0.2, 0.25) is 10.0 Å². The molecular formula is C21H18Cl2N4O4S. The molecule has 3 heterocycles. The van der Waals surface area contributed by atoms with Crippen LogP contribution in [0.5, 0.6) is 11.5 Å². The van der Waals surface area contributed by atoms with E-state index >= 15 is 0 Å². The smallest absolute Gasteiger partial charge is 0.287 e. The highest BCUT2D eigenvalue weighted by molar-refractivity contribution is 7.12. The van der Waals surface area contributed by atoms with Crippen LogP contribution in [0.1, 0.15) is 22.9 Å². The maximum Gasteiger partial charge on any atom is 0.287 e. The molecule has 3 aromatic rings. The van der Waals surface area contributed by atoms with Crippen molar-refractivity contribution in [3.05, 3.63) is 72.7 Å². The van der Waals surface area contributed by atoms with Crippen molar-refractivity contribution in [1.82, 2.24) is 14.8 Å². The lowest BCUT2D eigenvalue weighted by atomic mass is 10.0. The van der Waals surface area contributed by atoms with Gasteiger partial charge in [0.1, 0.15) is 11.6 Å². The Labute approximate surface area is 197 Å². The Morgan fingerprint density at radius 3 is 2.69 bits per heavy atom. The minimum Gasteiger partial charge on any atom is -0.493 e. The molecule has 1 aliphatic heterocycles. The first-order valence-corrected chi connectivity index (χ1v) is 11.1. The molecule has 0 bridgehead atoms. The van der Waals surface area contributed by atoms with Crippen LogP contribution in [-0.4, -0.2) is 40.6 Å². The molecule has 0 fully saturated rings. The molecule has 0 saturated carbocycles. The molecule has 1 aliphatic rings. The van der Waals surface area contributed by atoms with Crippen molar-refractivity contribution >= 4 is 46.2 Å². The van der Waals surface area contributed by atoms with Crippen molar-refractivity contribution in [3.8, 4) is 11.5 Å². The number of amides is 1. The summed E-state index contributed by atoms with van der Waals surface area (Å²) in [7, 11) is 3.11. The van der Waals surface area contributed by atoms with E-state index < -0.39 is 17.5 Å². The summed E-state index contributed by atoms with van der Waals surface area (Å²) in [4.78, 5) is 26.5. The predicted octanol–water partition coefficient (Wildman–Crippen LogP) is 4.01. The Kier molecular flexibility index (Phi) is 6.50. The summed E-state index contributed by atoms with van der Waals surface area (Å²) in [5, 5.41) is 11.7. The van der Waals surface area contributed by atoms with Crippen molar-refractivity contribution < 1.29 is 14.3 Å². The SMILES string of the molecule is COc1ccc(C2CC(c3cccs3)=NN2C(=O)Cn2ncc(Cl)c(Cl)c2=O)cc1OC. The van der Waals surface area contributed by atoms with Gasteiger partial charge in [-0.25, -0.2) is 9.69 Å². The summed E-state index contributed by atoms with van der Waals surface area (Å²) in [6.45, 7) is -0.333. The largest absolute Gasteiger partial charge is 0.493 e. The second-order valence-corrected chi connectivity index (χ2v) is 8.60. The van der Waals surface area contributed by atoms with Crippen molar-refractivity contribution in [3.63, 3.8) is 0 Å². The third kappa shape index (κ3) is 4.23. The zero-order valence-electron chi connectivity index (χ0n) is 17.1. The lowest BCUT2D eigenvalue weighted by molar-refractivity contribution is -0.133. The number of aromatic nitrogens is 2. The van der Waals surface area contributed by atoms with Gasteiger partial charge < -0.3 is 9.47 Å². The van der Waals surface area contributed by atoms with E-state index in [0.29, 0.717) is 17.9 Å². The van der Waals surface area contributed by atoms with E-state index in [1.165, 1.54) is 11.2 Å². The Balaban J connectivity index is 1.69. The van der Waals surface area contributed by atoms with Crippen molar-refractivity contribution in [2.75, 3.05) is 14.2 Å². The number of carbonyl (C=O) groups is 1. The molecule has 8 nitrogen and oxygen atoms in total. The van der Waals surface area contributed by atoms with Crippen molar-refractivity contribution in [1.29, 1.82) is 0 Å². The zero-order valence-corrected chi connectivity index (χ0v) is 19.4. The van der Waals surface area contributed by atoms with Gasteiger partial charge in [-0.05, 0) is 29.1 Å². The number of halogens is 2. The van der Waals surface area contributed by atoms with Gasteiger partial charge in [0.2, 0.25) is 0 Å². The number of rotatable bonds is 6. The molecule has 1 unspecified atom stereocenters. The fourth-order valence-electron chi connectivity index (χ4n) is 3.41. The Bertz CT molecular complexity index is 1240. The first-order valence-electron chi connectivity index (χ1n) is 9.49. The van der Waals surface area contributed by atoms with Gasteiger partial charge in [0.25, 0.3) is 11.5 Å². The fraction of sp³-hybridized carbons (Fsp3) is 0.238. The third-order valence-electron chi connectivity index (χ3n) is 4.99. The molecule has 0 radical (unpaired) electrons. The van der Waals surface area contributed by atoms with Crippen LogP contribution in [0.3, 0.4) is 0 Å². The zero-order chi connectivity index (χ0) is 22.8. The summed E-state index contributed by atoms with van der Waals surface area (Å²) < 4.78 is 11.7. The first kappa shape index (κ1) is 22.3. The molecule has 1 amide bonds. The summed E-state index contributed by atoms with van der Waals surface area (Å²) >= 11 is 13.3. The summed E-state index contributed by atoms with van der Waals surface area (Å²) in [6, 6.07) is 8.96. The monoisotopic (exact) mass is 492 g/mol. The molecule has 4 rings (SSSR count). The number of benzene rings is 1. The summed E-state index contributed by atoms with van der Waals surface area (Å²) in [5.74, 6) is 0.715. The number of thiophene rings is 1. The van der Waals surface area contributed by atoms with Gasteiger partial charge in [-0.15, -0.1) is 11.3 Å². The quantitative estimate of drug-likeness (QED) is 0.518. The van der Waals surface area contributed by atoms with E-state index in [9.17, 15) is 9.59 Å². The predicted molar refractivity (Wildman–Crippen MR) is 123 cm³/mol. The van der Waals surface area contributed by atoms with Gasteiger partial charge in [-0.1, -0.05) is 35.3 Å². The summed E-state index contributed by atoms with van der Waals surface area (Å²) in [6.07, 6.45) is 1.74. The first-order chi connectivity index (χ1) is 15.4. The lowest BCUT2D eigenvalue weighted by Gasteiger charge is -2.23. The number of carbonyl (C=O) groups excluding carboxylic acids is 1. The van der Waals surface area contributed by atoms with Gasteiger partial charge in [0.15, 0.2) is 11.5 Å². The minimum absolute atomic E-state index is 0.0303. The molecule has 166 valence electrons. The fourth-order valence-corrected chi connectivity index (χ4v) is 4.40. The van der Waals surface area contributed by atoms with Crippen LogP contribution >= 0.6 is 34.5 Å². The molecule has 0 aliphatic carbocycles. The molecule has 0 spiro atoms. The third-order valence-corrected chi connectivity index (χ3v) is 6.66. The van der Waals surface area contributed by atoms with E-state index in [0.717, 1.165) is 20.8 Å². The molecule has 1 aromatic carbocycles. The van der Waals surface area contributed by atoms with Crippen LogP contribution in [0.25, 0.3) is 0 Å². The van der Waals surface area contributed by atoms with E-state index in [1.54, 1.807) is 31.6 Å². The Hall–Kier alpha value is -2.88. The number of hydrogen-bond acceptors (Lipinski definition) is 7. The highest BCUT2D eigenvalue weighted by Gasteiger charge is 2.34. The standard InChI is InChI=1S/C21H18Cl2N4O4S/c1-30-16-6-5-12(8-17(16)31-2)15-9-14(18-4-3-7-32-18)25-27(15)19(28)11-26-21(29)20(23)13(22)10-24-26/h3-8,10,15H,9,11H2,1-2H3. The van der Waals surface area contributed by atoms with Gasteiger partial charge in [-0.3, -0.25) is 9.59 Å². The van der Waals surface area contributed by atoms with Gasteiger partial charge >= 0.3 is 0 Å². The van der Waals surface area contributed by atoms with Crippen LogP contribution in [0.4, 0.5) is 0 Å². The number of hydrogen-bond donors (Lipinski definition) is 0. The van der Waals surface area contributed by atoms with E-state index in [4.69, 9.17) is 32.7 Å². The molecule has 32 heavy (non-hydrogen) atoms.